The molecular weight excluding hydrogens is 684 g/mol. The average molecular weight is 746 g/mol. The molecule has 0 N–H and O–H groups in total. The van der Waals surface area contributed by atoms with E-state index < -0.39 is 28.0 Å². The van der Waals surface area contributed by atoms with E-state index in [1.165, 1.54) is 7.11 Å². The SMILES string of the molecule is CCC(C=C(c1sc2ccccc2c1Cl)[C@H]1[C@@H](CC#CCCCC(=O)OC)C(=O)C(C)(C)[C@H]1O[Si](C)(C)C(C)(C)C)O[Si](C)(C)C(C)(C)C. The zero-order valence-electron chi connectivity index (χ0n) is 32.6. The molecule has 272 valence electrons. The Bertz CT molecular complexity index is 1580. The van der Waals surface area contributed by atoms with Crippen LogP contribution in [0.15, 0.2) is 30.3 Å². The van der Waals surface area contributed by atoms with Gasteiger partial charge in [0.15, 0.2) is 16.6 Å². The molecule has 2 aromatic rings. The second kappa shape index (κ2) is 15.9. The Hall–Kier alpha value is -1.74. The molecule has 1 fully saturated rings. The summed E-state index contributed by atoms with van der Waals surface area (Å²) in [5, 5.41) is 1.71. The van der Waals surface area contributed by atoms with Gasteiger partial charge in [-0.05, 0) is 60.7 Å². The Morgan fingerprint density at radius 3 is 2.20 bits per heavy atom. The Balaban J connectivity index is 2.29. The Morgan fingerprint density at radius 2 is 1.65 bits per heavy atom. The van der Waals surface area contributed by atoms with E-state index in [9.17, 15) is 9.59 Å². The molecule has 1 aromatic carbocycles. The highest BCUT2D eigenvalue weighted by atomic mass is 35.5. The molecule has 1 heterocycles. The smallest absolute Gasteiger partial charge is 0.305 e. The van der Waals surface area contributed by atoms with Gasteiger partial charge < -0.3 is 13.6 Å². The highest BCUT2D eigenvalue weighted by molar-refractivity contribution is 7.20. The summed E-state index contributed by atoms with van der Waals surface area (Å²) in [6.07, 6.45) is 4.47. The van der Waals surface area contributed by atoms with Crippen molar-refractivity contribution < 1.29 is 23.2 Å². The number of unbranched alkanes of at least 4 members (excludes halogenated alkanes) is 1. The highest BCUT2D eigenvalue weighted by Gasteiger charge is 2.59. The second-order valence-corrected chi connectivity index (χ2v) is 28.1. The first-order valence-corrected chi connectivity index (χ1v) is 24.8. The third-order valence-corrected chi connectivity index (χ3v) is 21.9. The lowest BCUT2D eigenvalue weighted by Crippen LogP contribution is -2.49. The van der Waals surface area contributed by atoms with E-state index in [2.05, 4.69) is 119 Å². The van der Waals surface area contributed by atoms with Gasteiger partial charge in [-0.25, -0.2) is 0 Å². The summed E-state index contributed by atoms with van der Waals surface area (Å²) < 4.78 is 20.3. The minimum Gasteiger partial charge on any atom is -0.469 e. The molecule has 0 aliphatic heterocycles. The Morgan fingerprint density at radius 1 is 1.04 bits per heavy atom. The summed E-state index contributed by atoms with van der Waals surface area (Å²) in [7, 11) is -3.09. The van der Waals surface area contributed by atoms with Gasteiger partial charge in [-0.3, -0.25) is 9.59 Å². The molecule has 9 heteroatoms. The fourth-order valence-corrected chi connectivity index (χ4v) is 10.4. The molecule has 0 spiro atoms. The van der Waals surface area contributed by atoms with Crippen LogP contribution in [-0.2, 0) is 23.2 Å². The fourth-order valence-electron chi connectivity index (χ4n) is 5.98. The quantitative estimate of drug-likeness (QED) is 0.0937. The maximum atomic E-state index is 14.7. The van der Waals surface area contributed by atoms with Gasteiger partial charge in [-0.2, -0.15) is 0 Å². The predicted molar refractivity (Wildman–Crippen MR) is 213 cm³/mol. The number of carbonyl (C=O) groups excluding carboxylic acids is 2. The van der Waals surface area contributed by atoms with Crippen molar-refractivity contribution in [2.75, 3.05) is 7.11 Å². The van der Waals surface area contributed by atoms with E-state index in [4.69, 9.17) is 25.2 Å². The number of Topliss-reactive ketones (excluding diaryl/α,β-unsaturated/α-hetero) is 1. The lowest BCUT2D eigenvalue weighted by atomic mass is 9.82. The van der Waals surface area contributed by atoms with Gasteiger partial charge in [0.2, 0.25) is 0 Å². The number of ether oxygens (including phenoxy) is 1. The zero-order valence-corrected chi connectivity index (χ0v) is 36.1. The molecular formula is C40H61ClO5SSi2. The molecule has 1 aliphatic rings. The first-order chi connectivity index (χ1) is 22.5. The molecule has 1 aliphatic carbocycles. The van der Waals surface area contributed by atoms with Crippen LogP contribution in [0.25, 0.3) is 15.7 Å². The topological polar surface area (TPSA) is 61.8 Å². The number of halogens is 1. The molecule has 3 rings (SSSR count). The van der Waals surface area contributed by atoms with Crippen LogP contribution in [0.1, 0.15) is 99.3 Å². The first kappa shape index (κ1) is 41.7. The number of hydrogen-bond donors (Lipinski definition) is 0. The van der Waals surface area contributed by atoms with Gasteiger partial charge in [0.25, 0.3) is 0 Å². The van der Waals surface area contributed by atoms with Crippen molar-refractivity contribution in [2.45, 2.75) is 143 Å². The molecule has 1 aromatic heterocycles. The predicted octanol–water partition coefficient (Wildman–Crippen LogP) is 11.7. The molecule has 0 bridgehead atoms. The number of ketones is 1. The molecule has 4 atom stereocenters. The summed E-state index contributed by atoms with van der Waals surface area (Å²) in [6.45, 7) is 28.9. The summed E-state index contributed by atoms with van der Waals surface area (Å²) in [6, 6.07) is 8.25. The van der Waals surface area contributed by atoms with Crippen molar-refractivity contribution in [1.29, 1.82) is 0 Å². The van der Waals surface area contributed by atoms with Gasteiger partial charge in [-0.1, -0.05) is 98.2 Å². The number of carbonyl (C=O) groups is 2. The lowest BCUT2D eigenvalue weighted by molar-refractivity contribution is -0.140. The second-order valence-electron chi connectivity index (χ2n) is 17.2. The standard InChI is InChI=1S/C40H61ClO5SSi2/c1-15-27(45-48(11,12)38(2,3)4)26-30(35-34(41)28-22-20-21-24-31(28)47-35)33-29(23-18-16-17-19-25-32(42)44-10)36(43)40(8,9)37(33)46-49(13,14)39(5,6)7/h20-22,24,26-27,29,33,37H,15,17,19,23,25H2,1-14H3/t27?,29-,33-,37+/m1/s1. The third kappa shape index (κ3) is 9.39. The van der Waals surface area contributed by atoms with Crippen molar-refractivity contribution >= 4 is 67.0 Å². The summed E-state index contributed by atoms with van der Waals surface area (Å²) in [4.78, 5) is 27.3. The highest BCUT2D eigenvalue weighted by Crippen LogP contribution is 2.56. The van der Waals surface area contributed by atoms with Crippen molar-refractivity contribution in [1.82, 2.24) is 0 Å². The summed E-state index contributed by atoms with van der Waals surface area (Å²) >= 11 is 9.01. The molecule has 5 nitrogen and oxygen atoms in total. The molecule has 49 heavy (non-hydrogen) atoms. The normalized spacial score (nSPS) is 21.1. The largest absolute Gasteiger partial charge is 0.469 e. The van der Waals surface area contributed by atoms with Crippen LogP contribution in [0.4, 0.5) is 0 Å². The van der Waals surface area contributed by atoms with Crippen molar-refractivity contribution in [3.8, 4) is 11.8 Å². The molecule has 1 unspecified atom stereocenters. The monoisotopic (exact) mass is 744 g/mol. The minimum atomic E-state index is -2.34. The Kier molecular flexibility index (Phi) is 13.5. The maximum Gasteiger partial charge on any atom is 0.305 e. The van der Waals surface area contributed by atoms with E-state index in [1.807, 2.05) is 12.1 Å². The van der Waals surface area contributed by atoms with Gasteiger partial charge >= 0.3 is 5.97 Å². The minimum absolute atomic E-state index is 0.0367. The van der Waals surface area contributed by atoms with Crippen LogP contribution in [0.5, 0.6) is 0 Å². The van der Waals surface area contributed by atoms with Crippen LogP contribution < -0.4 is 0 Å². The maximum absolute atomic E-state index is 14.7. The first-order valence-electron chi connectivity index (χ1n) is 17.8. The molecule has 1 saturated carbocycles. The average Bonchev–Trinajstić information content (AvgIpc) is 3.42. The molecule has 0 amide bonds. The summed E-state index contributed by atoms with van der Waals surface area (Å²) in [5.41, 5.74) is 0.290. The lowest BCUT2D eigenvalue weighted by Gasteiger charge is -2.43. The van der Waals surface area contributed by atoms with E-state index in [0.717, 1.165) is 27.0 Å². The zero-order chi connectivity index (χ0) is 37.2. The van der Waals surface area contributed by atoms with Crippen molar-refractivity contribution in [3.63, 3.8) is 0 Å². The van der Waals surface area contributed by atoms with E-state index >= 15 is 0 Å². The molecule has 0 radical (unpaired) electrons. The number of fused-ring (bicyclic) bond motifs is 1. The van der Waals surface area contributed by atoms with E-state index in [-0.39, 0.29) is 40.0 Å². The van der Waals surface area contributed by atoms with Crippen LogP contribution in [0, 0.1) is 29.1 Å². The Labute approximate surface area is 308 Å². The van der Waals surface area contributed by atoms with Crippen molar-refractivity contribution in [3.05, 3.63) is 40.2 Å². The number of esters is 1. The van der Waals surface area contributed by atoms with Gasteiger partial charge in [0, 0.05) is 46.6 Å². The van der Waals surface area contributed by atoms with Gasteiger partial charge in [0.1, 0.15) is 5.78 Å². The van der Waals surface area contributed by atoms with Gasteiger partial charge in [0.05, 0.1) is 29.2 Å². The van der Waals surface area contributed by atoms with Crippen LogP contribution in [-0.4, -0.2) is 47.7 Å². The van der Waals surface area contributed by atoms with E-state index in [0.29, 0.717) is 30.7 Å². The third-order valence-electron chi connectivity index (χ3n) is 11.2. The summed E-state index contributed by atoms with van der Waals surface area (Å²) in [5.74, 6) is 5.88. The van der Waals surface area contributed by atoms with E-state index in [1.54, 1.807) is 11.3 Å². The number of thiophene rings is 1. The number of rotatable bonds is 12. The van der Waals surface area contributed by atoms with Crippen LogP contribution >= 0.6 is 22.9 Å². The molecule has 0 saturated heterocycles. The fraction of sp³-hybridized carbons (Fsp3) is 0.650. The van der Waals surface area contributed by atoms with Crippen LogP contribution in [0.3, 0.4) is 0 Å². The number of methoxy groups -OCH3 is 1. The van der Waals surface area contributed by atoms with Crippen molar-refractivity contribution in [2.24, 2.45) is 17.3 Å². The van der Waals surface area contributed by atoms with Crippen LogP contribution in [0.2, 0.25) is 41.3 Å². The number of benzene rings is 1. The van der Waals surface area contributed by atoms with Gasteiger partial charge in [-0.15, -0.1) is 23.2 Å². The number of hydrogen-bond acceptors (Lipinski definition) is 6.